The number of nitrogens with zero attached hydrogens (tertiary/aromatic N) is 4. The van der Waals surface area contributed by atoms with E-state index in [1.54, 1.807) is 4.52 Å². The van der Waals surface area contributed by atoms with E-state index in [2.05, 4.69) is 27.5 Å². The third-order valence-corrected chi connectivity index (χ3v) is 3.55. The molecule has 0 aliphatic rings. The van der Waals surface area contributed by atoms with Gasteiger partial charge in [0.15, 0.2) is 5.65 Å². The molecule has 6 heteroatoms. The second kappa shape index (κ2) is 4.75. The highest BCUT2D eigenvalue weighted by Crippen LogP contribution is 2.25. The lowest BCUT2D eigenvalue weighted by molar-refractivity contribution is 0.817. The van der Waals surface area contributed by atoms with Crippen LogP contribution in [0.4, 0.5) is 0 Å². The maximum Gasteiger partial charge on any atom is 0.178 e. The van der Waals surface area contributed by atoms with Crippen molar-refractivity contribution >= 4 is 28.3 Å². The zero-order chi connectivity index (χ0) is 13.4. The molecule has 0 saturated carbocycles. The number of rotatable bonds is 3. The van der Waals surface area contributed by atoms with Crippen LogP contribution in [0.25, 0.3) is 16.7 Å². The molecule has 0 aliphatic heterocycles. The van der Waals surface area contributed by atoms with Gasteiger partial charge in [-0.1, -0.05) is 24.6 Å². The predicted octanol–water partition coefficient (Wildman–Crippen LogP) is 2.21. The minimum Gasteiger partial charge on any atom is -0.316 e. The molecule has 0 radical (unpaired) electrons. The Bertz CT molecular complexity index is 749. The molecule has 98 valence electrons. The summed E-state index contributed by atoms with van der Waals surface area (Å²) in [6, 6.07) is 5.93. The Balaban J connectivity index is 2.31. The number of hydrogen-bond donors (Lipinski definition) is 1. The van der Waals surface area contributed by atoms with Crippen LogP contribution >= 0.6 is 11.6 Å². The van der Waals surface area contributed by atoms with Crippen LogP contribution in [0.3, 0.4) is 0 Å². The molecule has 0 aliphatic carbocycles. The van der Waals surface area contributed by atoms with Crippen molar-refractivity contribution in [3.8, 4) is 0 Å². The van der Waals surface area contributed by atoms with E-state index in [0.717, 1.165) is 28.8 Å². The van der Waals surface area contributed by atoms with Gasteiger partial charge in [-0.25, -0.2) is 4.52 Å². The van der Waals surface area contributed by atoms with Gasteiger partial charge in [0.05, 0.1) is 16.2 Å². The number of benzene rings is 1. The molecule has 0 atom stereocenters. The summed E-state index contributed by atoms with van der Waals surface area (Å²) in [6.45, 7) is 2.77. The van der Waals surface area contributed by atoms with E-state index >= 15 is 0 Å². The Morgan fingerprint density at radius 3 is 2.89 bits per heavy atom. The van der Waals surface area contributed by atoms with Crippen molar-refractivity contribution in [2.45, 2.75) is 19.9 Å². The van der Waals surface area contributed by atoms with E-state index in [1.165, 1.54) is 0 Å². The average Bonchev–Trinajstić information content (AvgIpc) is 2.85. The first-order valence-electron chi connectivity index (χ1n) is 6.21. The lowest BCUT2D eigenvalue weighted by atomic mass is 10.2. The number of aromatic nitrogens is 4. The molecule has 2 heterocycles. The minimum absolute atomic E-state index is 0.634. The minimum atomic E-state index is 0.634. The molecule has 5 nitrogen and oxygen atoms in total. The van der Waals surface area contributed by atoms with Crippen molar-refractivity contribution in [2.75, 3.05) is 7.05 Å². The summed E-state index contributed by atoms with van der Waals surface area (Å²) in [6.07, 6.45) is 0.871. The molecule has 0 unspecified atom stereocenters. The number of aryl methyl sites for hydroxylation is 1. The zero-order valence-electron chi connectivity index (χ0n) is 10.8. The van der Waals surface area contributed by atoms with Crippen LogP contribution in [0.15, 0.2) is 18.2 Å². The number of nitrogens with one attached hydrogen (secondary N) is 1. The Hall–Kier alpha value is -1.72. The predicted molar refractivity (Wildman–Crippen MR) is 75.4 cm³/mol. The first kappa shape index (κ1) is 12.3. The topological polar surface area (TPSA) is 55.1 Å². The molecule has 1 aromatic carbocycles. The van der Waals surface area contributed by atoms with Gasteiger partial charge in [0.25, 0.3) is 0 Å². The highest BCUT2D eigenvalue weighted by atomic mass is 35.5. The van der Waals surface area contributed by atoms with Gasteiger partial charge in [0, 0.05) is 12.6 Å². The largest absolute Gasteiger partial charge is 0.316 e. The third kappa shape index (κ3) is 1.95. The van der Waals surface area contributed by atoms with Gasteiger partial charge in [0.2, 0.25) is 0 Å². The second-order valence-corrected chi connectivity index (χ2v) is 4.77. The van der Waals surface area contributed by atoms with Crippen LogP contribution in [0.1, 0.15) is 18.2 Å². The Kier molecular flexibility index (Phi) is 3.08. The molecular weight excluding hydrogens is 262 g/mol. The smallest absolute Gasteiger partial charge is 0.178 e. The summed E-state index contributed by atoms with van der Waals surface area (Å²) in [5.41, 5.74) is 4.33. The summed E-state index contributed by atoms with van der Waals surface area (Å²) >= 11 is 6.38. The molecule has 1 N–H and O–H groups in total. The van der Waals surface area contributed by atoms with Gasteiger partial charge in [-0.05, 0) is 25.1 Å². The highest BCUT2D eigenvalue weighted by Gasteiger charge is 2.11. The van der Waals surface area contributed by atoms with Gasteiger partial charge < -0.3 is 5.32 Å². The fraction of sp³-hybridized carbons (Fsp3) is 0.308. The summed E-state index contributed by atoms with van der Waals surface area (Å²) in [5, 5.41) is 16.6. The summed E-state index contributed by atoms with van der Waals surface area (Å²) < 4.78 is 1.80. The quantitative estimate of drug-likeness (QED) is 0.796. The molecule has 3 rings (SSSR count). The molecule has 0 amide bonds. The molecule has 3 aromatic rings. The normalized spacial score (nSPS) is 11.5. The van der Waals surface area contributed by atoms with E-state index in [9.17, 15) is 0 Å². The van der Waals surface area contributed by atoms with Gasteiger partial charge in [-0.3, -0.25) is 0 Å². The molecule has 19 heavy (non-hydrogen) atoms. The van der Waals surface area contributed by atoms with Crippen LogP contribution < -0.4 is 5.32 Å². The molecule has 0 saturated heterocycles. The fourth-order valence-electron chi connectivity index (χ4n) is 2.13. The van der Waals surface area contributed by atoms with Crippen molar-refractivity contribution in [1.29, 1.82) is 0 Å². The maximum atomic E-state index is 6.38. The van der Waals surface area contributed by atoms with Crippen LogP contribution in [0.5, 0.6) is 0 Å². The second-order valence-electron chi connectivity index (χ2n) is 4.40. The number of halogens is 1. The average molecular weight is 276 g/mol. The first-order valence-corrected chi connectivity index (χ1v) is 6.59. The van der Waals surface area contributed by atoms with E-state index in [4.69, 9.17) is 11.6 Å². The van der Waals surface area contributed by atoms with Crippen LogP contribution in [0.2, 0.25) is 5.02 Å². The highest BCUT2D eigenvalue weighted by molar-refractivity contribution is 6.35. The van der Waals surface area contributed by atoms with Crippen molar-refractivity contribution in [3.63, 3.8) is 0 Å². The van der Waals surface area contributed by atoms with Crippen molar-refractivity contribution in [1.82, 2.24) is 25.1 Å². The molecular formula is C13H14ClN5. The Labute approximate surface area is 115 Å². The van der Waals surface area contributed by atoms with E-state index in [0.29, 0.717) is 17.1 Å². The molecule has 2 aromatic heterocycles. The van der Waals surface area contributed by atoms with Crippen molar-refractivity contribution in [3.05, 3.63) is 34.5 Å². The maximum absolute atomic E-state index is 6.38. The standard InChI is InChI=1S/C13H14ClN5/c1-3-9-6-11-16-17-13-10(19(11)18-9)5-4-8(7-15-2)12(13)14/h4-6,15H,3,7H2,1-2H3. The van der Waals surface area contributed by atoms with Crippen LogP contribution in [0, 0.1) is 0 Å². The van der Waals surface area contributed by atoms with Gasteiger partial charge in [-0.2, -0.15) is 5.10 Å². The third-order valence-electron chi connectivity index (χ3n) is 3.13. The summed E-state index contributed by atoms with van der Waals surface area (Å²) in [4.78, 5) is 0. The van der Waals surface area contributed by atoms with Crippen molar-refractivity contribution < 1.29 is 0 Å². The van der Waals surface area contributed by atoms with Gasteiger partial charge >= 0.3 is 0 Å². The fourth-order valence-corrected chi connectivity index (χ4v) is 2.39. The summed E-state index contributed by atoms with van der Waals surface area (Å²) in [5.74, 6) is 0. The van der Waals surface area contributed by atoms with Gasteiger partial charge in [0.1, 0.15) is 5.52 Å². The van der Waals surface area contributed by atoms with Crippen LogP contribution in [-0.2, 0) is 13.0 Å². The molecule has 0 bridgehead atoms. The number of fused-ring (bicyclic) bond motifs is 3. The Morgan fingerprint density at radius 1 is 1.32 bits per heavy atom. The zero-order valence-corrected chi connectivity index (χ0v) is 11.6. The molecule has 0 spiro atoms. The summed E-state index contributed by atoms with van der Waals surface area (Å²) in [7, 11) is 1.89. The van der Waals surface area contributed by atoms with E-state index < -0.39 is 0 Å². The first-order chi connectivity index (χ1) is 9.24. The monoisotopic (exact) mass is 275 g/mol. The van der Waals surface area contributed by atoms with E-state index in [-0.39, 0.29) is 0 Å². The molecule has 0 fully saturated rings. The van der Waals surface area contributed by atoms with Crippen molar-refractivity contribution in [2.24, 2.45) is 0 Å². The van der Waals surface area contributed by atoms with E-state index in [1.807, 2.05) is 25.2 Å². The number of hydrogen-bond acceptors (Lipinski definition) is 4. The lowest BCUT2D eigenvalue weighted by Gasteiger charge is -2.06. The SMILES string of the molecule is CCc1cc2nnc3c(Cl)c(CNC)ccc3n2n1. The Morgan fingerprint density at radius 2 is 2.16 bits per heavy atom. The van der Waals surface area contributed by atoms with Crippen LogP contribution in [-0.4, -0.2) is 26.9 Å². The van der Waals surface area contributed by atoms with Gasteiger partial charge in [-0.15, -0.1) is 10.2 Å². The lowest BCUT2D eigenvalue weighted by Crippen LogP contribution is -2.06.